The molecule has 0 fully saturated rings. The summed E-state index contributed by atoms with van der Waals surface area (Å²) in [6, 6.07) is 4.93. The zero-order valence-corrected chi connectivity index (χ0v) is 18.1. The number of carbonyl (C=O) groups is 1. The minimum Gasteiger partial charge on any atom is -0.385 e. The van der Waals surface area contributed by atoms with Gasteiger partial charge in [0.15, 0.2) is 17.3 Å². The molecule has 1 unspecified atom stereocenters. The van der Waals surface area contributed by atoms with Crippen LogP contribution in [0, 0.1) is 0 Å². The number of pyridine rings is 1. The maximum Gasteiger partial charge on any atom is 0.280 e. The van der Waals surface area contributed by atoms with Gasteiger partial charge in [0, 0.05) is 33.4 Å². The third-order valence-electron chi connectivity index (χ3n) is 4.79. The Morgan fingerprint density at radius 1 is 1.18 bits per heavy atom. The number of aromatic nitrogens is 6. The number of fused-ring (bicyclic) bond motifs is 1. The highest BCUT2D eigenvalue weighted by Crippen LogP contribution is 2.23. The molecule has 0 aliphatic rings. The highest BCUT2D eigenvalue weighted by Gasteiger charge is 2.16. The van der Waals surface area contributed by atoms with Crippen LogP contribution in [-0.4, -0.2) is 66.2 Å². The van der Waals surface area contributed by atoms with Crippen molar-refractivity contribution in [3.05, 3.63) is 64.7 Å². The van der Waals surface area contributed by atoms with Gasteiger partial charge in [0.2, 0.25) is 0 Å². The molecule has 13 nitrogen and oxygen atoms in total. The van der Waals surface area contributed by atoms with Crippen molar-refractivity contribution in [2.24, 2.45) is 5.73 Å². The third kappa shape index (κ3) is 4.09. The van der Waals surface area contributed by atoms with Gasteiger partial charge in [-0.25, -0.2) is 19.5 Å². The summed E-state index contributed by atoms with van der Waals surface area (Å²) in [4.78, 5) is 39.0. The first-order chi connectivity index (χ1) is 15.8. The van der Waals surface area contributed by atoms with Crippen molar-refractivity contribution in [1.29, 1.82) is 0 Å². The summed E-state index contributed by atoms with van der Waals surface area (Å²) in [6.07, 6.45) is 4.36. The van der Waals surface area contributed by atoms with Crippen molar-refractivity contribution in [1.82, 2.24) is 34.0 Å². The molecule has 13 heteroatoms. The number of hydrogen-bond acceptors (Lipinski definition) is 10. The number of aliphatic hydroxyl groups excluding tert-OH is 1. The van der Waals surface area contributed by atoms with E-state index in [1.807, 2.05) is 0 Å². The first-order valence-corrected chi connectivity index (χ1v) is 9.83. The van der Waals surface area contributed by atoms with Crippen molar-refractivity contribution in [3.63, 3.8) is 0 Å². The Hall–Kier alpha value is -4.36. The molecule has 1 atom stereocenters. The van der Waals surface area contributed by atoms with Crippen molar-refractivity contribution in [2.75, 3.05) is 31.8 Å². The number of rotatable bonds is 6. The molecule has 5 N–H and O–H groups in total. The molecule has 0 saturated carbocycles. The predicted molar refractivity (Wildman–Crippen MR) is 121 cm³/mol. The quantitative estimate of drug-likeness (QED) is 0.296. The Morgan fingerprint density at radius 2 is 1.97 bits per heavy atom. The van der Waals surface area contributed by atoms with E-state index in [2.05, 4.69) is 30.7 Å². The van der Waals surface area contributed by atoms with E-state index in [9.17, 15) is 14.7 Å². The van der Waals surface area contributed by atoms with Crippen LogP contribution in [0.15, 0.2) is 47.8 Å². The lowest BCUT2D eigenvalue weighted by Gasteiger charge is -2.12. The number of carbonyl (C=O) groups excluding carboxylic acids is 1. The fraction of sp³-hybridized carbons (Fsp3) is 0.200. The Morgan fingerprint density at radius 3 is 2.61 bits per heavy atom. The molecule has 0 spiro atoms. The minimum atomic E-state index is -1.28. The molecule has 0 aromatic carbocycles. The van der Waals surface area contributed by atoms with Crippen LogP contribution in [0.4, 0.5) is 17.2 Å². The van der Waals surface area contributed by atoms with E-state index >= 15 is 0 Å². The second kappa shape index (κ2) is 8.64. The lowest BCUT2D eigenvalue weighted by molar-refractivity contribution is 0.0821. The summed E-state index contributed by atoms with van der Waals surface area (Å²) in [5, 5.41) is 20.2. The van der Waals surface area contributed by atoms with E-state index in [4.69, 9.17) is 5.73 Å². The van der Waals surface area contributed by atoms with Crippen LogP contribution in [0.1, 0.15) is 22.4 Å². The topological polar surface area (TPSA) is 169 Å². The van der Waals surface area contributed by atoms with E-state index in [1.165, 1.54) is 32.6 Å². The van der Waals surface area contributed by atoms with Crippen LogP contribution in [-0.2, 0) is 0 Å². The normalized spacial score (nSPS) is 11.9. The van der Waals surface area contributed by atoms with Crippen LogP contribution in [0.25, 0.3) is 11.5 Å². The fourth-order valence-electron chi connectivity index (χ4n) is 3.13. The Kier molecular flexibility index (Phi) is 5.72. The van der Waals surface area contributed by atoms with Gasteiger partial charge >= 0.3 is 0 Å². The van der Waals surface area contributed by atoms with Crippen LogP contribution in [0.3, 0.4) is 0 Å². The molecule has 4 aromatic rings. The summed E-state index contributed by atoms with van der Waals surface area (Å²) in [7, 11) is 4.94. The largest absolute Gasteiger partial charge is 0.385 e. The van der Waals surface area contributed by atoms with Crippen LogP contribution < -0.4 is 21.9 Å². The van der Waals surface area contributed by atoms with Crippen LogP contribution in [0.5, 0.6) is 0 Å². The second-order valence-corrected chi connectivity index (χ2v) is 7.24. The van der Waals surface area contributed by atoms with Crippen LogP contribution in [0.2, 0.25) is 0 Å². The molecule has 0 saturated heterocycles. The standard InChI is InChI=1S/C20H22N10O3/c1-22-12-7-15(27-30-14(17(21)31)9-25-18(12)30)26-11-5-4-6-29(20(11)33)16-10-23-13(8-24-16)19(32)28(2)3/h4-10,17,22,31H,21H2,1-3H3,(H,26,27). The Labute approximate surface area is 187 Å². The average Bonchev–Trinajstić information content (AvgIpc) is 3.24. The van der Waals surface area contributed by atoms with Gasteiger partial charge in [-0.15, -0.1) is 5.10 Å². The zero-order valence-electron chi connectivity index (χ0n) is 18.1. The summed E-state index contributed by atoms with van der Waals surface area (Å²) in [6.45, 7) is 0. The average molecular weight is 450 g/mol. The fourth-order valence-corrected chi connectivity index (χ4v) is 3.13. The monoisotopic (exact) mass is 450 g/mol. The van der Waals surface area contributed by atoms with E-state index in [0.717, 1.165) is 0 Å². The molecule has 4 rings (SSSR count). The molecule has 4 heterocycles. The van der Waals surface area contributed by atoms with Gasteiger partial charge in [-0.3, -0.25) is 14.2 Å². The van der Waals surface area contributed by atoms with Crippen molar-refractivity contribution in [3.8, 4) is 5.82 Å². The minimum absolute atomic E-state index is 0.168. The summed E-state index contributed by atoms with van der Waals surface area (Å²) < 4.78 is 2.69. The lowest BCUT2D eigenvalue weighted by Crippen LogP contribution is -2.24. The number of amides is 1. The van der Waals surface area contributed by atoms with Gasteiger partial charge in [0.25, 0.3) is 11.5 Å². The number of nitrogens with one attached hydrogen (secondary N) is 2. The van der Waals surface area contributed by atoms with Gasteiger partial charge in [0.05, 0.1) is 24.3 Å². The molecule has 0 bridgehead atoms. The molecule has 33 heavy (non-hydrogen) atoms. The van der Waals surface area contributed by atoms with Gasteiger partial charge in [-0.2, -0.15) is 0 Å². The SMILES string of the molecule is CNc1cc(Nc2cccn(-c3cnc(C(=O)N(C)C)cn3)c2=O)nn2c(C(N)O)cnc12. The summed E-state index contributed by atoms with van der Waals surface area (Å²) in [5.74, 6) is 0.279. The highest BCUT2D eigenvalue weighted by molar-refractivity contribution is 5.91. The molecule has 170 valence electrons. The number of hydrogen-bond donors (Lipinski definition) is 4. The molecule has 1 amide bonds. The van der Waals surface area contributed by atoms with E-state index < -0.39 is 11.8 Å². The highest BCUT2D eigenvalue weighted by atomic mass is 16.3. The summed E-state index contributed by atoms with van der Waals surface area (Å²) >= 11 is 0. The molecule has 4 aromatic heterocycles. The third-order valence-corrected chi connectivity index (χ3v) is 4.79. The van der Waals surface area contributed by atoms with Gasteiger partial charge in [-0.05, 0) is 12.1 Å². The van der Waals surface area contributed by atoms with E-state index in [1.54, 1.807) is 45.5 Å². The van der Waals surface area contributed by atoms with Crippen molar-refractivity contribution >= 4 is 28.7 Å². The molecule has 0 aliphatic carbocycles. The molecular formula is C20H22N10O3. The first kappa shape index (κ1) is 21.9. The van der Waals surface area contributed by atoms with Gasteiger partial charge < -0.3 is 26.4 Å². The number of anilines is 3. The maximum atomic E-state index is 13.1. The molecular weight excluding hydrogens is 428 g/mol. The predicted octanol–water partition coefficient (Wildman–Crippen LogP) is 0.107. The van der Waals surface area contributed by atoms with Gasteiger partial charge in [0.1, 0.15) is 23.3 Å². The molecule has 0 aliphatic heterocycles. The Balaban J connectivity index is 1.70. The summed E-state index contributed by atoms with van der Waals surface area (Å²) in [5.41, 5.74) is 6.95. The number of imidazole rings is 1. The number of nitrogens with zero attached hydrogens (tertiary/aromatic N) is 7. The Bertz CT molecular complexity index is 1380. The maximum absolute atomic E-state index is 13.1. The number of nitrogens with two attached hydrogens (primary N) is 1. The smallest absolute Gasteiger partial charge is 0.280 e. The van der Waals surface area contributed by atoms with E-state index in [0.29, 0.717) is 22.8 Å². The second-order valence-electron chi connectivity index (χ2n) is 7.24. The van der Waals surface area contributed by atoms with Crippen molar-refractivity contribution in [2.45, 2.75) is 6.23 Å². The molecule has 0 radical (unpaired) electrons. The zero-order chi connectivity index (χ0) is 23.7. The van der Waals surface area contributed by atoms with E-state index in [-0.39, 0.29) is 23.1 Å². The first-order valence-electron chi connectivity index (χ1n) is 9.83. The van der Waals surface area contributed by atoms with Gasteiger partial charge in [-0.1, -0.05) is 0 Å². The lowest BCUT2D eigenvalue weighted by atomic mass is 10.3. The van der Waals surface area contributed by atoms with Crippen LogP contribution >= 0.6 is 0 Å². The number of aliphatic hydroxyl groups is 1. The van der Waals surface area contributed by atoms with Crippen molar-refractivity contribution < 1.29 is 9.90 Å².